The first-order valence-electron chi connectivity index (χ1n) is 5.53. The Morgan fingerprint density at radius 1 is 1.25 bits per heavy atom. The van der Waals surface area contributed by atoms with E-state index in [2.05, 4.69) is 31.9 Å². The summed E-state index contributed by atoms with van der Waals surface area (Å²) >= 11 is 6.53. The number of aliphatic hydroxyl groups excluding tert-OH is 1. The van der Waals surface area contributed by atoms with Crippen LogP contribution in [0, 0.1) is 10.1 Å². The first kappa shape index (κ1) is 15.0. The number of para-hydroxylation sites is 1. The van der Waals surface area contributed by atoms with Crippen LogP contribution < -0.4 is 4.74 Å². The third-order valence-electron chi connectivity index (χ3n) is 2.55. The van der Waals surface area contributed by atoms with E-state index in [1.54, 1.807) is 30.3 Å². The molecule has 0 radical (unpaired) electrons. The highest BCUT2D eigenvalue weighted by Gasteiger charge is 2.19. The lowest BCUT2D eigenvalue weighted by atomic mass is 10.2. The molecular weight excluding hydrogens is 394 g/mol. The fraction of sp³-hybridized carbons (Fsp3) is 0.0769. The van der Waals surface area contributed by atoms with E-state index in [-0.39, 0.29) is 18.0 Å². The second kappa shape index (κ2) is 6.34. The van der Waals surface area contributed by atoms with E-state index in [1.165, 1.54) is 6.07 Å². The Labute approximate surface area is 131 Å². The molecule has 0 bridgehead atoms. The van der Waals surface area contributed by atoms with Crippen LogP contribution >= 0.6 is 31.9 Å². The van der Waals surface area contributed by atoms with Gasteiger partial charge in [0, 0.05) is 16.1 Å². The van der Waals surface area contributed by atoms with Crippen LogP contribution in [0.5, 0.6) is 11.5 Å². The van der Waals surface area contributed by atoms with E-state index in [9.17, 15) is 15.2 Å². The van der Waals surface area contributed by atoms with Gasteiger partial charge in [0.25, 0.3) is 0 Å². The van der Waals surface area contributed by atoms with Crippen molar-refractivity contribution in [1.29, 1.82) is 0 Å². The highest BCUT2D eigenvalue weighted by atomic mass is 79.9. The topological polar surface area (TPSA) is 72.6 Å². The molecule has 0 heterocycles. The standard InChI is InChI=1S/C13H9Br2NO4/c14-9-5-4-8(7-17)12(6-9)20-13-10(15)2-1-3-11(13)16(18)19/h1-6,17H,7H2. The third-order valence-corrected chi connectivity index (χ3v) is 3.67. The maximum Gasteiger partial charge on any atom is 0.312 e. The van der Waals surface area contributed by atoms with E-state index >= 15 is 0 Å². The first-order chi connectivity index (χ1) is 9.52. The van der Waals surface area contributed by atoms with Crippen molar-refractivity contribution in [2.24, 2.45) is 0 Å². The van der Waals surface area contributed by atoms with Gasteiger partial charge in [0.1, 0.15) is 5.75 Å². The summed E-state index contributed by atoms with van der Waals surface area (Å²) in [6, 6.07) is 9.66. The average Bonchev–Trinajstić information content (AvgIpc) is 2.41. The maximum absolute atomic E-state index is 11.0. The minimum absolute atomic E-state index is 0.102. The second-order valence-corrected chi connectivity index (χ2v) is 5.63. The van der Waals surface area contributed by atoms with Crippen molar-refractivity contribution in [2.75, 3.05) is 0 Å². The van der Waals surface area contributed by atoms with Gasteiger partial charge in [-0.2, -0.15) is 0 Å². The van der Waals surface area contributed by atoms with Gasteiger partial charge in [0.15, 0.2) is 0 Å². The summed E-state index contributed by atoms with van der Waals surface area (Å²) in [5.74, 6) is 0.460. The summed E-state index contributed by atoms with van der Waals surface area (Å²) in [5, 5.41) is 20.3. The molecule has 0 aromatic heterocycles. The lowest BCUT2D eigenvalue weighted by Crippen LogP contribution is -1.97. The molecular formula is C13H9Br2NO4. The Morgan fingerprint density at radius 3 is 2.65 bits per heavy atom. The lowest BCUT2D eigenvalue weighted by molar-refractivity contribution is -0.385. The van der Waals surface area contributed by atoms with Crippen LogP contribution in [0.3, 0.4) is 0 Å². The molecule has 7 heteroatoms. The number of nitro benzene ring substituents is 1. The van der Waals surface area contributed by atoms with Gasteiger partial charge in [0.2, 0.25) is 5.75 Å². The Kier molecular flexibility index (Phi) is 4.74. The molecule has 20 heavy (non-hydrogen) atoms. The van der Waals surface area contributed by atoms with Crippen LogP contribution in [0.15, 0.2) is 45.3 Å². The van der Waals surface area contributed by atoms with Gasteiger partial charge in [-0.3, -0.25) is 10.1 Å². The number of nitro groups is 1. The summed E-state index contributed by atoms with van der Waals surface area (Å²) in [6.07, 6.45) is 0. The van der Waals surface area contributed by atoms with Gasteiger partial charge in [0.05, 0.1) is 16.0 Å². The van der Waals surface area contributed by atoms with Crippen LogP contribution in [-0.4, -0.2) is 10.0 Å². The van der Waals surface area contributed by atoms with E-state index in [0.717, 1.165) is 4.47 Å². The molecule has 0 amide bonds. The van der Waals surface area contributed by atoms with Crippen molar-refractivity contribution in [3.05, 3.63) is 61.0 Å². The Hall–Kier alpha value is -1.44. The van der Waals surface area contributed by atoms with E-state index in [1.807, 2.05) is 0 Å². The zero-order chi connectivity index (χ0) is 14.7. The molecule has 0 fully saturated rings. The smallest absolute Gasteiger partial charge is 0.312 e. The van der Waals surface area contributed by atoms with Gasteiger partial charge in [-0.05, 0) is 34.1 Å². The number of ether oxygens (including phenoxy) is 1. The Morgan fingerprint density at radius 2 is 2.00 bits per heavy atom. The fourth-order valence-electron chi connectivity index (χ4n) is 1.61. The normalized spacial score (nSPS) is 10.3. The van der Waals surface area contributed by atoms with E-state index in [4.69, 9.17) is 4.74 Å². The van der Waals surface area contributed by atoms with Crippen LogP contribution in [0.1, 0.15) is 5.56 Å². The number of benzene rings is 2. The molecule has 5 nitrogen and oxygen atoms in total. The molecule has 2 aromatic carbocycles. The van der Waals surface area contributed by atoms with Crippen LogP contribution in [0.2, 0.25) is 0 Å². The Balaban J connectivity index is 2.50. The summed E-state index contributed by atoms with van der Waals surface area (Å²) in [5.41, 5.74) is 0.390. The molecule has 104 valence electrons. The minimum Gasteiger partial charge on any atom is -0.448 e. The monoisotopic (exact) mass is 401 g/mol. The van der Waals surface area contributed by atoms with Crippen molar-refractivity contribution >= 4 is 37.5 Å². The summed E-state index contributed by atoms with van der Waals surface area (Å²) in [6.45, 7) is -0.221. The highest BCUT2D eigenvalue weighted by Crippen LogP contribution is 2.39. The molecule has 0 aliphatic carbocycles. The fourth-order valence-corrected chi connectivity index (χ4v) is 2.38. The number of hydrogen-bond acceptors (Lipinski definition) is 4. The predicted molar refractivity (Wildman–Crippen MR) is 80.9 cm³/mol. The quantitative estimate of drug-likeness (QED) is 0.607. The SMILES string of the molecule is O=[N+]([O-])c1cccc(Br)c1Oc1cc(Br)ccc1CO. The molecule has 0 aliphatic rings. The van der Waals surface area contributed by atoms with Gasteiger partial charge >= 0.3 is 5.69 Å². The molecule has 0 aliphatic heterocycles. The van der Waals surface area contributed by atoms with Crippen molar-refractivity contribution < 1.29 is 14.8 Å². The van der Waals surface area contributed by atoms with Gasteiger partial charge in [-0.25, -0.2) is 0 Å². The van der Waals surface area contributed by atoms with Crippen molar-refractivity contribution in [2.45, 2.75) is 6.61 Å². The van der Waals surface area contributed by atoms with Crippen molar-refractivity contribution in [3.63, 3.8) is 0 Å². The summed E-state index contributed by atoms with van der Waals surface area (Å²) in [4.78, 5) is 10.5. The van der Waals surface area contributed by atoms with E-state index < -0.39 is 4.92 Å². The van der Waals surface area contributed by atoms with Crippen molar-refractivity contribution in [1.82, 2.24) is 0 Å². The largest absolute Gasteiger partial charge is 0.448 e. The van der Waals surface area contributed by atoms with Gasteiger partial charge < -0.3 is 9.84 Å². The lowest BCUT2D eigenvalue weighted by Gasteiger charge is -2.11. The molecule has 0 saturated heterocycles. The predicted octanol–water partition coefficient (Wildman–Crippen LogP) is 4.40. The summed E-state index contributed by atoms with van der Waals surface area (Å²) in [7, 11) is 0. The molecule has 0 saturated carbocycles. The number of hydrogen-bond donors (Lipinski definition) is 1. The number of rotatable bonds is 4. The zero-order valence-electron chi connectivity index (χ0n) is 10.0. The Bertz CT molecular complexity index is 661. The van der Waals surface area contributed by atoms with Crippen LogP contribution in [0.4, 0.5) is 5.69 Å². The minimum atomic E-state index is -0.517. The van der Waals surface area contributed by atoms with Crippen LogP contribution in [0.25, 0.3) is 0 Å². The average molecular weight is 403 g/mol. The molecule has 2 aromatic rings. The molecule has 0 unspecified atom stereocenters. The van der Waals surface area contributed by atoms with Crippen LogP contribution in [-0.2, 0) is 6.61 Å². The van der Waals surface area contributed by atoms with Crippen molar-refractivity contribution in [3.8, 4) is 11.5 Å². The maximum atomic E-state index is 11.0. The van der Waals surface area contributed by atoms with E-state index in [0.29, 0.717) is 15.8 Å². The number of aliphatic hydroxyl groups is 1. The second-order valence-electron chi connectivity index (χ2n) is 3.86. The number of nitrogens with zero attached hydrogens (tertiary/aromatic N) is 1. The highest BCUT2D eigenvalue weighted by molar-refractivity contribution is 9.10. The zero-order valence-corrected chi connectivity index (χ0v) is 13.2. The summed E-state index contributed by atoms with van der Waals surface area (Å²) < 4.78 is 6.84. The molecule has 2 rings (SSSR count). The first-order valence-corrected chi connectivity index (χ1v) is 7.11. The third kappa shape index (κ3) is 3.17. The number of halogens is 2. The van der Waals surface area contributed by atoms with Gasteiger partial charge in [-0.1, -0.05) is 28.1 Å². The van der Waals surface area contributed by atoms with Gasteiger partial charge in [-0.15, -0.1) is 0 Å². The molecule has 0 atom stereocenters. The molecule has 1 N–H and O–H groups in total. The molecule has 0 spiro atoms.